The predicted octanol–water partition coefficient (Wildman–Crippen LogP) is 1.70. The van der Waals surface area contributed by atoms with E-state index in [0.29, 0.717) is 24.5 Å². The molecule has 30 heavy (non-hydrogen) atoms. The molecule has 0 radical (unpaired) electrons. The van der Waals surface area contributed by atoms with Crippen LogP contribution in [0.3, 0.4) is 0 Å². The fourth-order valence-electron chi connectivity index (χ4n) is 2.83. The van der Waals surface area contributed by atoms with Gasteiger partial charge in [0.1, 0.15) is 11.5 Å². The summed E-state index contributed by atoms with van der Waals surface area (Å²) in [7, 11) is 3.80. The summed E-state index contributed by atoms with van der Waals surface area (Å²) in [6.45, 7) is 1.88. The number of nitrogens with zero attached hydrogens (tertiary/aromatic N) is 4. The van der Waals surface area contributed by atoms with E-state index in [1.807, 2.05) is 37.4 Å². The summed E-state index contributed by atoms with van der Waals surface area (Å²) < 4.78 is 15.0. The van der Waals surface area contributed by atoms with Gasteiger partial charge in [0.05, 0.1) is 25.0 Å². The molecule has 0 saturated carbocycles. The lowest BCUT2D eigenvalue weighted by Crippen LogP contribution is -2.22. The van der Waals surface area contributed by atoms with E-state index in [1.165, 1.54) is 12.3 Å². The first kappa shape index (κ1) is 21.1. The minimum Gasteiger partial charge on any atom is -0.390 e. The van der Waals surface area contributed by atoms with Crippen molar-refractivity contribution in [1.82, 2.24) is 25.6 Å². The highest BCUT2D eigenvalue weighted by Gasteiger charge is 2.04. The minimum atomic E-state index is -0.298. The van der Waals surface area contributed by atoms with Crippen LogP contribution in [0.2, 0.25) is 0 Å². The Morgan fingerprint density at radius 2 is 2.20 bits per heavy atom. The van der Waals surface area contributed by atoms with Crippen molar-refractivity contribution in [3.8, 4) is 11.8 Å². The Bertz CT molecular complexity index is 1010. The quantitative estimate of drug-likeness (QED) is 0.606. The van der Waals surface area contributed by atoms with Crippen LogP contribution in [0.1, 0.15) is 11.3 Å². The van der Waals surface area contributed by atoms with Crippen molar-refractivity contribution in [2.75, 3.05) is 32.1 Å². The molecule has 0 atom stereocenters. The van der Waals surface area contributed by atoms with Gasteiger partial charge in [0.25, 0.3) is 0 Å². The third kappa shape index (κ3) is 5.96. The van der Waals surface area contributed by atoms with E-state index in [9.17, 15) is 4.39 Å². The number of halogens is 1. The van der Waals surface area contributed by atoms with Crippen molar-refractivity contribution >= 4 is 5.69 Å². The van der Waals surface area contributed by atoms with Gasteiger partial charge in [-0.1, -0.05) is 11.1 Å². The SMILES string of the molecule is CN/C(C#Cc1ccc(N(C)CCn2cc(CO)nn2)cc1)=C\C1=CC(F)=CNC1. The summed E-state index contributed by atoms with van der Waals surface area (Å²) in [6, 6.07) is 7.96. The van der Waals surface area contributed by atoms with Crippen LogP contribution >= 0.6 is 0 Å². The molecule has 156 valence electrons. The van der Waals surface area contributed by atoms with Gasteiger partial charge in [-0.15, -0.1) is 5.10 Å². The second kappa shape index (κ2) is 10.3. The molecular weight excluding hydrogens is 383 g/mol. The van der Waals surface area contributed by atoms with Gasteiger partial charge in [-0.25, -0.2) is 4.39 Å². The van der Waals surface area contributed by atoms with Crippen LogP contribution in [0.25, 0.3) is 0 Å². The fourth-order valence-corrected chi connectivity index (χ4v) is 2.83. The number of anilines is 1. The maximum atomic E-state index is 13.3. The van der Waals surface area contributed by atoms with E-state index in [2.05, 4.69) is 37.7 Å². The molecule has 0 saturated heterocycles. The number of hydrogen-bond donors (Lipinski definition) is 3. The van der Waals surface area contributed by atoms with Crippen LogP contribution in [-0.4, -0.2) is 47.3 Å². The number of benzene rings is 1. The number of hydrogen-bond acceptors (Lipinski definition) is 6. The highest BCUT2D eigenvalue weighted by Crippen LogP contribution is 2.14. The summed E-state index contributed by atoms with van der Waals surface area (Å²) >= 11 is 0. The van der Waals surface area contributed by atoms with Gasteiger partial charge in [-0.2, -0.15) is 0 Å². The maximum absolute atomic E-state index is 13.3. The molecule has 2 heterocycles. The molecule has 1 aliphatic rings. The van der Waals surface area contributed by atoms with E-state index in [0.717, 1.165) is 23.4 Å². The van der Waals surface area contributed by atoms with Crippen molar-refractivity contribution in [3.63, 3.8) is 0 Å². The third-order valence-corrected chi connectivity index (χ3v) is 4.53. The molecular formula is C22H25FN6O. The second-order valence-electron chi connectivity index (χ2n) is 6.79. The number of dihydropyridines is 1. The van der Waals surface area contributed by atoms with Crippen LogP contribution in [-0.2, 0) is 13.2 Å². The molecule has 0 amide bonds. The fraction of sp³-hybridized carbons (Fsp3) is 0.273. The molecule has 2 aromatic rings. The lowest BCUT2D eigenvalue weighted by Gasteiger charge is -2.19. The van der Waals surface area contributed by atoms with Gasteiger partial charge in [-0.05, 0) is 47.9 Å². The molecule has 0 aliphatic carbocycles. The Morgan fingerprint density at radius 1 is 1.40 bits per heavy atom. The molecule has 0 spiro atoms. The Labute approximate surface area is 175 Å². The first-order valence-corrected chi connectivity index (χ1v) is 9.59. The molecule has 3 N–H and O–H groups in total. The monoisotopic (exact) mass is 408 g/mol. The van der Waals surface area contributed by atoms with Gasteiger partial charge in [-0.3, -0.25) is 4.68 Å². The zero-order valence-electron chi connectivity index (χ0n) is 17.1. The molecule has 1 aromatic carbocycles. The molecule has 1 aliphatic heterocycles. The number of likely N-dealkylation sites (N-methyl/N-ethyl adjacent to an activating group) is 1. The summed E-state index contributed by atoms with van der Waals surface area (Å²) in [4.78, 5) is 2.11. The molecule has 0 unspecified atom stereocenters. The van der Waals surface area contributed by atoms with E-state index in [4.69, 9.17) is 5.11 Å². The minimum absolute atomic E-state index is 0.106. The Kier molecular flexibility index (Phi) is 7.24. The highest BCUT2D eigenvalue weighted by atomic mass is 19.1. The van der Waals surface area contributed by atoms with Gasteiger partial charge in [0.15, 0.2) is 0 Å². The van der Waals surface area contributed by atoms with E-state index in [1.54, 1.807) is 17.9 Å². The molecule has 8 heteroatoms. The largest absolute Gasteiger partial charge is 0.390 e. The van der Waals surface area contributed by atoms with Crippen molar-refractivity contribution in [1.29, 1.82) is 0 Å². The predicted molar refractivity (Wildman–Crippen MR) is 115 cm³/mol. The normalized spacial score (nSPS) is 13.5. The molecule has 3 rings (SSSR count). The molecule has 7 nitrogen and oxygen atoms in total. The number of allylic oxidation sites excluding steroid dienone is 3. The first-order chi connectivity index (χ1) is 14.6. The Morgan fingerprint density at radius 3 is 2.87 bits per heavy atom. The van der Waals surface area contributed by atoms with Crippen molar-refractivity contribution in [2.24, 2.45) is 0 Å². The standard InChI is InChI=1S/C22H25FN6O/c1-24-20(12-18-11-19(23)14-25-13-18)6-3-17-4-7-22(8-5-17)28(2)9-10-29-15-21(16-30)26-27-29/h4-5,7-8,11-12,14-15,24-25,30H,9-10,13,16H2,1-2H3/b20-12-. The summed E-state index contributed by atoms with van der Waals surface area (Å²) in [5, 5.41) is 22.8. The molecule has 0 fully saturated rings. The van der Waals surface area contributed by atoms with Crippen LogP contribution in [0.4, 0.5) is 10.1 Å². The average Bonchev–Trinajstić information content (AvgIpc) is 3.23. The molecule has 0 bridgehead atoms. The zero-order valence-corrected chi connectivity index (χ0v) is 17.1. The van der Waals surface area contributed by atoms with Gasteiger partial charge >= 0.3 is 0 Å². The van der Waals surface area contributed by atoms with E-state index >= 15 is 0 Å². The number of aliphatic hydroxyl groups is 1. The average molecular weight is 408 g/mol. The number of aliphatic hydroxyl groups excluding tert-OH is 1. The van der Waals surface area contributed by atoms with Crippen LogP contribution in [0.5, 0.6) is 0 Å². The number of aromatic nitrogens is 3. The maximum Gasteiger partial charge on any atom is 0.139 e. The lowest BCUT2D eigenvalue weighted by molar-refractivity contribution is 0.276. The van der Waals surface area contributed by atoms with Gasteiger partial charge in [0.2, 0.25) is 0 Å². The Hall–Kier alpha value is -3.57. The van der Waals surface area contributed by atoms with Crippen LogP contribution in [0.15, 0.2) is 65.9 Å². The van der Waals surface area contributed by atoms with Crippen molar-refractivity contribution < 1.29 is 9.50 Å². The van der Waals surface area contributed by atoms with Crippen molar-refractivity contribution in [3.05, 3.63) is 77.2 Å². The lowest BCUT2D eigenvalue weighted by atomic mass is 10.1. The number of rotatable bonds is 7. The van der Waals surface area contributed by atoms with Gasteiger partial charge < -0.3 is 20.6 Å². The Balaban J connectivity index is 1.60. The van der Waals surface area contributed by atoms with Gasteiger partial charge in [0, 0.05) is 44.6 Å². The third-order valence-electron chi connectivity index (χ3n) is 4.53. The topological polar surface area (TPSA) is 78.2 Å². The van der Waals surface area contributed by atoms with E-state index < -0.39 is 0 Å². The zero-order chi connectivity index (χ0) is 21.3. The summed E-state index contributed by atoms with van der Waals surface area (Å²) in [5.74, 6) is 5.92. The van der Waals surface area contributed by atoms with Crippen LogP contribution in [0, 0.1) is 11.8 Å². The summed E-state index contributed by atoms with van der Waals surface area (Å²) in [6.07, 6.45) is 6.41. The van der Waals surface area contributed by atoms with Crippen molar-refractivity contribution in [2.45, 2.75) is 13.2 Å². The number of nitrogens with one attached hydrogen (secondary N) is 2. The second-order valence-corrected chi connectivity index (χ2v) is 6.79. The smallest absolute Gasteiger partial charge is 0.139 e. The first-order valence-electron chi connectivity index (χ1n) is 9.59. The van der Waals surface area contributed by atoms with E-state index in [-0.39, 0.29) is 12.4 Å². The summed E-state index contributed by atoms with van der Waals surface area (Å²) in [5.41, 5.74) is 4.05. The highest BCUT2D eigenvalue weighted by molar-refractivity contribution is 5.51. The van der Waals surface area contributed by atoms with Crippen LogP contribution < -0.4 is 15.5 Å². The molecule has 1 aromatic heterocycles.